The Bertz CT molecular complexity index is 5020. The number of hydrogen-bond acceptors (Lipinski definition) is 21. The maximum absolute atomic E-state index is 17.7. The van der Waals surface area contributed by atoms with Gasteiger partial charge >= 0.3 is 12.2 Å². The Hall–Kier alpha value is -8.97. The molecule has 11 aliphatic rings. The average Bonchev–Trinajstić information content (AvgIpc) is 1.56. The van der Waals surface area contributed by atoms with Crippen molar-refractivity contribution in [1.82, 2.24) is 60.4 Å². The lowest BCUT2D eigenvalue weighted by Crippen LogP contribution is -2.61. The minimum Gasteiger partial charge on any atom is -0.497 e. The molecule has 8 amide bonds. The number of benzene rings is 2. The van der Waals surface area contributed by atoms with Gasteiger partial charge < -0.3 is 54.8 Å². The summed E-state index contributed by atoms with van der Waals surface area (Å²) in [6, 6.07) is -0.0345. The van der Waals surface area contributed by atoms with E-state index in [-0.39, 0.29) is 119 Å². The quantitative estimate of drug-likeness (QED) is 0.0449. The number of carbonyl (C=O) groups is 8. The van der Waals surface area contributed by atoms with E-state index >= 15 is 36.3 Å². The second kappa shape index (κ2) is 31.5. The monoisotopic (exact) mass is 1710 g/mol. The number of aromatic nitrogens is 4. The summed E-state index contributed by atoms with van der Waals surface area (Å²) in [7, 11) is -7.46. The van der Waals surface area contributed by atoms with E-state index in [1.54, 1.807) is 20.8 Å². The highest BCUT2D eigenvalue weighted by molar-refractivity contribution is 7.91. The number of alkyl carbamates (subject to hydrolysis) is 2. The number of hydrogen-bond donors (Lipinski definition) is 6. The van der Waals surface area contributed by atoms with Crippen LogP contribution in [0.15, 0.2) is 42.5 Å². The molecule has 0 spiro atoms. The van der Waals surface area contributed by atoms with Crippen LogP contribution in [0.3, 0.4) is 0 Å². The fourth-order valence-corrected chi connectivity index (χ4v) is 21.5. The van der Waals surface area contributed by atoms with Crippen molar-refractivity contribution in [1.29, 1.82) is 0 Å². The molecule has 6 N–H and O–H groups in total. The highest BCUT2D eigenvalue weighted by Crippen LogP contribution is 2.53. The summed E-state index contributed by atoms with van der Waals surface area (Å²) in [5.74, 6) is -16.7. The fraction of sp³-hybridized carbons (Fsp3) is 0.679. The number of aryl methyl sites for hydroxylation is 1. The van der Waals surface area contributed by atoms with Crippen LogP contribution in [0.4, 0.5) is 40.3 Å². The summed E-state index contributed by atoms with van der Waals surface area (Å²) < 4.78 is 198. The van der Waals surface area contributed by atoms with E-state index in [4.69, 9.17) is 33.7 Å². The van der Waals surface area contributed by atoms with Gasteiger partial charge in [-0.15, -0.1) is 0 Å². The summed E-state index contributed by atoms with van der Waals surface area (Å²) in [6.07, 6.45) is -7.01. The smallest absolute Gasteiger partial charge is 0.408 e. The molecule has 2 saturated heterocycles. The number of halogens is 7. The minimum atomic E-state index is -4.51. The van der Waals surface area contributed by atoms with E-state index in [0.29, 0.717) is 44.9 Å². The minimum absolute atomic E-state index is 0.0290. The Morgan fingerprint density at radius 3 is 1.80 bits per heavy atom. The molecule has 2 aromatic carbocycles. The van der Waals surface area contributed by atoms with Gasteiger partial charge in [0.2, 0.25) is 68.3 Å². The van der Waals surface area contributed by atoms with E-state index < -0.39 is 248 Å². The molecule has 119 heavy (non-hydrogen) atoms. The summed E-state index contributed by atoms with van der Waals surface area (Å²) in [6.45, 7) is 10.3. The van der Waals surface area contributed by atoms with Gasteiger partial charge in [0.25, 0.3) is 17.7 Å². The summed E-state index contributed by atoms with van der Waals surface area (Å²) in [5, 5.41) is 9.35. The van der Waals surface area contributed by atoms with Gasteiger partial charge in [-0.05, 0) is 162 Å². The van der Waals surface area contributed by atoms with Crippen LogP contribution >= 0.6 is 0 Å². The molecule has 29 nitrogen and oxygen atoms in total. The molecule has 0 radical (unpaired) electrons. The lowest BCUT2D eigenvalue weighted by Gasteiger charge is -2.38. The first-order chi connectivity index (χ1) is 56.0. The lowest BCUT2D eigenvalue weighted by molar-refractivity contribution is -0.143. The predicted molar refractivity (Wildman–Crippen MR) is 411 cm³/mol. The largest absolute Gasteiger partial charge is 0.497 e. The molecule has 648 valence electrons. The Balaban J connectivity index is 0.781. The molecular formula is C81H101F7N12O17S2. The SMILES string of the molecule is COc1ccc2nc3c(nc2c1)OC1CC(C(=O)NC2(C(=O)NS(=O)(=O)C4(C)CC4)CC2C(F)F)N(C1)C(=O)C(C(C)(C)Cc1cc2nc4c(nc2cc1F)OC1CC(C(=O)NC2(C(=O)NS(=O)(=O)C5CC5)CC2C(F)F)N(C1)C(=O)C(C(C)(C)C)NC(=O)OC1CCC(C)C1CCCCC4)NC(=O)OC1CC2C=CC2C1CCCCC3(F)F. The van der Waals surface area contributed by atoms with Crippen LogP contribution in [0.25, 0.3) is 22.1 Å². The number of alkyl halides is 6. The van der Waals surface area contributed by atoms with Gasteiger partial charge in [-0.2, -0.15) is 8.78 Å². The standard InChI is InChI=1S/C81H101F7N12O17S2/c1-39-17-24-59-46(39)14-10-9-11-16-53-68(114-43-31-57(99(37-43)70(103)62(76(2,3)4)93-74(107)116-59)66(101)95-79(35-49(79)64(83)84)72(105)97-118(109,110)45-20-21-45)91-56-33-51(82)41(28-54(56)89-53)34-77(5,6)63-71(104)100-38-44(32-58(100)67(102)96-80(36-50(80)65(85)86)73(106)98-119(111,112)78(7)26-27-78)115-69-61(90-52-23-19-42(113-8)30-55(52)92-69)81(87,88)25-13-12-15-48-47-22-18-40(47)29-60(48)117-75(108)94-63/h18-19,22-23,28,30,33,39-40,43-50,57-60,62-65H,9-17,20-21,24-27,29,31-32,34-38H2,1-8H3,(H,93,107)(H,94,108)(H,95,101)(H,96,102)(H,97,105)(H,98,106). The third-order valence-corrected chi connectivity index (χ3v) is 30.7. The van der Waals surface area contributed by atoms with E-state index in [1.807, 2.05) is 21.6 Å². The van der Waals surface area contributed by atoms with Crippen molar-refractivity contribution in [2.24, 2.45) is 52.3 Å². The molecule has 4 aromatic rings. The van der Waals surface area contributed by atoms with Gasteiger partial charge in [0.1, 0.15) is 76.9 Å². The first-order valence-electron chi connectivity index (χ1n) is 41.1. The highest BCUT2D eigenvalue weighted by Gasteiger charge is 2.69. The maximum atomic E-state index is 17.7. The van der Waals surface area contributed by atoms with Crippen molar-refractivity contribution in [3.63, 3.8) is 0 Å². The second-order valence-corrected chi connectivity index (χ2v) is 40.9. The van der Waals surface area contributed by atoms with Gasteiger partial charge in [-0.25, -0.2) is 68.3 Å². The third-order valence-electron chi connectivity index (χ3n) is 26.7. The number of carbonyl (C=O) groups excluding carboxylic acids is 8. The summed E-state index contributed by atoms with van der Waals surface area (Å²) >= 11 is 0. The Kier molecular flexibility index (Phi) is 22.5. The first kappa shape index (κ1) is 85.0. The number of rotatable bonds is 16. The molecule has 17 atom stereocenters. The number of ether oxygens (including phenoxy) is 5. The molecule has 7 aliphatic carbocycles. The Morgan fingerprint density at radius 2 is 1.21 bits per heavy atom. The Labute approximate surface area is 683 Å². The molecule has 4 aliphatic heterocycles. The van der Waals surface area contributed by atoms with Crippen LogP contribution in [0.5, 0.6) is 17.5 Å². The third kappa shape index (κ3) is 16.9. The van der Waals surface area contributed by atoms with E-state index in [1.165, 1.54) is 52.1 Å². The van der Waals surface area contributed by atoms with Crippen molar-refractivity contribution in [3.8, 4) is 17.5 Å². The zero-order valence-corrected chi connectivity index (χ0v) is 68.9. The number of sulfonamides is 2. The van der Waals surface area contributed by atoms with E-state index in [2.05, 4.69) is 38.2 Å². The van der Waals surface area contributed by atoms with Gasteiger partial charge in [0.15, 0.2) is 5.69 Å². The van der Waals surface area contributed by atoms with Crippen LogP contribution < -0.4 is 44.9 Å². The molecular weight excluding hydrogens is 1610 g/mol. The van der Waals surface area contributed by atoms with E-state index in [9.17, 15) is 49.6 Å². The van der Waals surface area contributed by atoms with Crippen molar-refractivity contribution >= 4 is 89.7 Å². The number of fused-ring (bicyclic) bond motifs is 12. The average molecular weight is 1710 g/mol. The summed E-state index contributed by atoms with van der Waals surface area (Å²) in [4.78, 5) is 140. The number of methoxy groups -OCH3 is 1. The molecule has 6 heterocycles. The zero-order chi connectivity index (χ0) is 85.3. The fourth-order valence-electron chi connectivity index (χ4n) is 18.8. The predicted octanol–water partition coefficient (Wildman–Crippen LogP) is 9.20. The molecule has 17 unspecified atom stereocenters. The van der Waals surface area contributed by atoms with Gasteiger partial charge in [-0.1, -0.05) is 73.0 Å². The second-order valence-electron chi connectivity index (χ2n) is 36.7. The van der Waals surface area contributed by atoms with Crippen LogP contribution in [-0.4, -0.2) is 197 Å². The normalized spacial score (nSPS) is 32.2. The molecule has 6 saturated carbocycles. The van der Waals surface area contributed by atoms with E-state index in [0.717, 1.165) is 22.3 Å². The summed E-state index contributed by atoms with van der Waals surface area (Å²) in [5.41, 5.74) is -8.54. The van der Waals surface area contributed by atoms with Crippen molar-refractivity contribution in [2.45, 2.75) is 272 Å². The van der Waals surface area contributed by atoms with Crippen molar-refractivity contribution < 1.29 is 110 Å². The molecule has 4 bridgehead atoms. The lowest BCUT2D eigenvalue weighted by atomic mass is 9.77. The van der Waals surface area contributed by atoms with Gasteiger partial charge in [0.05, 0.1) is 64.1 Å². The highest BCUT2D eigenvalue weighted by atomic mass is 32.2. The van der Waals surface area contributed by atoms with Crippen LogP contribution in [0, 0.1) is 58.1 Å². The van der Waals surface area contributed by atoms with Crippen LogP contribution in [0.1, 0.15) is 187 Å². The molecule has 38 heteroatoms. The molecule has 2 aromatic heterocycles. The number of allylic oxidation sites excluding steroid dienone is 2. The molecule has 8 fully saturated rings. The van der Waals surface area contributed by atoms with Crippen molar-refractivity contribution in [3.05, 3.63) is 65.3 Å². The first-order valence-corrected chi connectivity index (χ1v) is 44.2. The maximum Gasteiger partial charge on any atom is 0.408 e. The molecule has 15 rings (SSSR count). The number of amides is 8. The van der Waals surface area contributed by atoms with Crippen LogP contribution in [0.2, 0.25) is 0 Å². The topological polar surface area (TPSA) is 381 Å². The van der Waals surface area contributed by atoms with Crippen LogP contribution in [-0.2, 0) is 77.1 Å². The number of nitrogens with zero attached hydrogens (tertiary/aromatic N) is 6. The van der Waals surface area contributed by atoms with Crippen molar-refractivity contribution in [2.75, 3.05) is 20.2 Å². The number of nitrogens with one attached hydrogen (secondary N) is 6. The van der Waals surface area contributed by atoms with Gasteiger partial charge in [-0.3, -0.25) is 38.2 Å². The zero-order valence-electron chi connectivity index (χ0n) is 67.3. The van der Waals surface area contributed by atoms with Gasteiger partial charge in [0, 0.05) is 37.3 Å². The Morgan fingerprint density at radius 1 is 0.639 bits per heavy atom.